The molecular formula is C16H23N3O3S. The Kier molecular flexibility index (Phi) is 8.67. The molecule has 0 aromatic heterocycles. The van der Waals surface area contributed by atoms with Crippen LogP contribution in [0.1, 0.15) is 49.9 Å². The lowest BCUT2D eigenvalue weighted by Crippen LogP contribution is -2.48. The first-order valence-corrected chi connectivity index (χ1v) is 8.11. The van der Waals surface area contributed by atoms with Crippen molar-refractivity contribution < 1.29 is 14.3 Å². The van der Waals surface area contributed by atoms with Gasteiger partial charge in [-0.3, -0.25) is 25.8 Å². The van der Waals surface area contributed by atoms with Crippen molar-refractivity contribution in [3.8, 4) is 5.75 Å². The summed E-state index contributed by atoms with van der Waals surface area (Å²) in [5, 5.41) is 2.54. The fraction of sp³-hybridized carbons (Fsp3) is 0.438. The molecule has 0 spiro atoms. The van der Waals surface area contributed by atoms with E-state index >= 15 is 0 Å². The van der Waals surface area contributed by atoms with Crippen LogP contribution >= 0.6 is 12.2 Å². The molecule has 3 N–H and O–H groups in total. The van der Waals surface area contributed by atoms with Gasteiger partial charge in [-0.1, -0.05) is 32.4 Å². The maximum Gasteiger partial charge on any atom is 0.261 e. The van der Waals surface area contributed by atoms with E-state index in [9.17, 15) is 9.59 Å². The van der Waals surface area contributed by atoms with Crippen molar-refractivity contribution in [3.05, 3.63) is 29.8 Å². The van der Waals surface area contributed by atoms with Crippen LogP contribution in [0.4, 0.5) is 0 Å². The third-order valence-electron chi connectivity index (χ3n) is 2.91. The number of nitrogens with one attached hydrogen (secondary N) is 3. The first-order chi connectivity index (χ1) is 11.1. The van der Waals surface area contributed by atoms with Crippen molar-refractivity contribution in [3.63, 3.8) is 0 Å². The Hall–Kier alpha value is -2.15. The minimum atomic E-state index is -0.390. The highest BCUT2D eigenvalue weighted by atomic mass is 32.1. The van der Waals surface area contributed by atoms with Gasteiger partial charge in [-0.2, -0.15) is 0 Å². The van der Waals surface area contributed by atoms with E-state index in [1.54, 1.807) is 24.3 Å². The van der Waals surface area contributed by atoms with Gasteiger partial charge in [-0.25, -0.2) is 0 Å². The van der Waals surface area contributed by atoms with Crippen molar-refractivity contribution in [2.45, 2.75) is 39.5 Å². The van der Waals surface area contributed by atoms with Gasteiger partial charge in [-0.15, -0.1) is 0 Å². The van der Waals surface area contributed by atoms with Crippen molar-refractivity contribution in [2.24, 2.45) is 0 Å². The highest BCUT2D eigenvalue weighted by Gasteiger charge is 2.13. The molecular weight excluding hydrogens is 314 g/mol. The zero-order chi connectivity index (χ0) is 17.1. The molecule has 1 rings (SSSR count). The predicted octanol–water partition coefficient (Wildman–Crippen LogP) is 2.30. The zero-order valence-corrected chi connectivity index (χ0v) is 14.3. The molecule has 0 unspecified atom stereocenters. The number of rotatable bonds is 7. The second kappa shape index (κ2) is 10.6. The lowest BCUT2D eigenvalue weighted by Gasteiger charge is -2.13. The van der Waals surface area contributed by atoms with Gasteiger partial charge in [0.25, 0.3) is 5.91 Å². The normalized spacial score (nSPS) is 9.83. The van der Waals surface area contributed by atoms with Gasteiger partial charge in [0.2, 0.25) is 5.91 Å². The Labute approximate surface area is 141 Å². The molecule has 1 aromatic rings. The molecule has 0 fully saturated rings. The SMILES string of the molecule is CCCCOc1ccccc1C(=O)NC(=S)NNC(=O)CCC. The molecule has 7 heteroatoms. The Morgan fingerprint density at radius 2 is 1.87 bits per heavy atom. The number of hydrazine groups is 1. The molecule has 126 valence electrons. The van der Waals surface area contributed by atoms with Crippen LogP contribution in [0.5, 0.6) is 5.75 Å². The minimum Gasteiger partial charge on any atom is -0.493 e. The maximum absolute atomic E-state index is 12.2. The third kappa shape index (κ3) is 7.10. The number of carbonyl (C=O) groups is 2. The standard InChI is InChI=1S/C16H23N3O3S/c1-3-5-11-22-13-10-7-6-9-12(13)15(21)17-16(23)19-18-14(20)8-4-2/h6-7,9-10H,3-5,8,11H2,1-2H3,(H,18,20)(H2,17,19,21,23). The van der Waals surface area contributed by atoms with Crippen LogP contribution in [-0.2, 0) is 4.79 Å². The summed E-state index contributed by atoms with van der Waals surface area (Å²) in [4.78, 5) is 23.6. The number of hydrogen-bond donors (Lipinski definition) is 3. The first-order valence-electron chi connectivity index (χ1n) is 7.70. The van der Waals surface area contributed by atoms with Gasteiger partial charge in [-0.05, 0) is 37.2 Å². The van der Waals surface area contributed by atoms with Crippen LogP contribution in [0.3, 0.4) is 0 Å². The number of unbranched alkanes of at least 4 members (excludes halogenated alkanes) is 1. The van der Waals surface area contributed by atoms with Crippen molar-refractivity contribution in [1.29, 1.82) is 0 Å². The summed E-state index contributed by atoms with van der Waals surface area (Å²) in [5.41, 5.74) is 5.32. The summed E-state index contributed by atoms with van der Waals surface area (Å²) in [5.74, 6) is -0.0667. The molecule has 1 aromatic carbocycles. The van der Waals surface area contributed by atoms with E-state index < -0.39 is 0 Å². The van der Waals surface area contributed by atoms with E-state index in [-0.39, 0.29) is 16.9 Å². The number of ether oxygens (including phenoxy) is 1. The molecule has 0 saturated carbocycles. The average Bonchev–Trinajstić information content (AvgIpc) is 2.54. The van der Waals surface area contributed by atoms with Gasteiger partial charge < -0.3 is 4.74 Å². The Balaban J connectivity index is 2.56. The van der Waals surface area contributed by atoms with Gasteiger partial charge in [0.05, 0.1) is 12.2 Å². The predicted molar refractivity (Wildman–Crippen MR) is 93.1 cm³/mol. The molecule has 0 bridgehead atoms. The van der Waals surface area contributed by atoms with Gasteiger partial charge in [0.1, 0.15) is 5.75 Å². The van der Waals surface area contributed by atoms with Gasteiger partial charge >= 0.3 is 0 Å². The smallest absolute Gasteiger partial charge is 0.261 e. The number of amides is 2. The molecule has 0 aliphatic heterocycles. The molecule has 23 heavy (non-hydrogen) atoms. The van der Waals surface area contributed by atoms with Crippen LogP contribution in [0.15, 0.2) is 24.3 Å². The molecule has 0 heterocycles. The third-order valence-corrected chi connectivity index (χ3v) is 3.11. The fourth-order valence-electron chi connectivity index (χ4n) is 1.72. The average molecular weight is 337 g/mol. The monoisotopic (exact) mass is 337 g/mol. The Morgan fingerprint density at radius 1 is 1.13 bits per heavy atom. The quantitative estimate of drug-likeness (QED) is 0.404. The van der Waals surface area contributed by atoms with Crippen molar-refractivity contribution in [2.75, 3.05) is 6.61 Å². The summed E-state index contributed by atoms with van der Waals surface area (Å²) in [6.07, 6.45) is 3.05. The number of para-hydroxylation sites is 1. The van der Waals surface area contributed by atoms with Crippen LogP contribution < -0.4 is 20.9 Å². The molecule has 0 saturated heterocycles. The van der Waals surface area contributed by atoms with E-state index in [4.69, 9.17) is 17.0 Å². The lowest BCUT2D eigenvalue weighted by atomic mass is 10.2. The van der Waals surface area contributed by atoms with E-state index in [0.29, 0.717) is 24.3 Å². The zero-order valence-electron chi connectivity index (χ0n) is 13.5. The van der Waals surface area contributed by atoms with E-state index in [2.05, 4.69) is 23.1 Å². The minimum absolute atomic E-state index is 0.0304. The van der Waals surface area contributed by atoms with E-state index in [0.717, 1.165) is 19.3 Å². The van der Waals surface area contributed by atoms with Crippen LogP contribution in [0, 0.1) is 0 Å². The fourth-order valence-corrected chi connectivity index (χ4v) is 1.87. The summed E-state index contributed by atoms with van der Waals surface area (Å²) < 4.78 is 5.62. The van der Waals surface area contributed by atoms with E-state index in [1.165, 1.54) is 0 Å². The molecule has 0 aliphatic carbocycles. The summed E-state index contributed by atoms with van der Waals surface area (Å²) in [6.45, 7) is 4.52. The highest BCUT2D eigenvalue weighted by molar-refractivity contribution is 7.80. The molecule has 0 atom stereocenters. The number of carbonyl (C=O) groups excluding carboxylic acids is 2. The van der Waals surface area contributed by atoms with Crippen molar-refractivity contribution >= 4 is 29.1 Å². The summed E-state index contributed by atoms with van der Waals surface area (Å²) in [7, 11) is 0. The largest absolute Gasteiger partial charge is 0.493 e. The van der Waals surface area contributed by atoms with Crippen LogP contribution in [-0.4, -0.2) is 23.5 Å². The second-order valence-electron chi connectivity index (χ2n) is 4.90. The molecule has 0 aliphatic rings. The van der Waals surface area contributed by atoms with E-state index in [1.807, 2.05) is 6.92 Å². The second-order valence-corrected chi connectivity index (χ2v) is 5.31. The number of benzene rings is 1. The van der Waals surface area contributed by atoms with Crippen LogP contribution in [0.25, 0.3) is 0 Å². The summed E-state index contributed by atoms with van der Waals surface area (Å²) in [6, 6.07) is 6.96. The molecule has 2 amide bonds. The van der Waals surface area contributed by atoms with Gasteiger partial charge in [0.15, 0.2) is 5.11 Å². The van der Waals surface area contributed by atoms with Crippen molar-refractivity contribution in [1.82, 2.24) is 16.2 Å². The first kappa shape index (κ1) is 18.9. The molecule has 6 nitrogen and oxygen atoms in total. The number of hydrogen-bond acceptors (Lipinski definition) is 4. The number of thiocarbonyl (C=S) groups is 1. The highest BCUT2D eigenvalue weighted by Crippen LogP contribution is 2.18. The van der Waals surface area contributed by atoms with Crippen LogP contribution in [0.2, 0.25) is 0 Å². The maximum atomic E-state index is 12.2. The Morgan fingerprint density at radius 3 is 2.57 bits per heavy atom. The molecule has 0 radical (unpaired) electrons. The van der Waals surface area contributed by atoms with Gasteiger partial charge in [0, 0.05) is 6.42 Å². The topological polar surface area (TPSA) is 79.5 Å². The Bertz CT molecular complexity index is 549. The lowest BCUT2D eigenvalue weighted by molar-refractivity contribution is -0.121. The summed E-state index contributed by atoms with van der Waals surface area (Å²) >= 11 is 4.98.